The number of halogens is 2. The monoisotopic (exact) mass is 333 g/mol. The second kappa shape index (κ2) is 4.59. The lowest BCUT2D eigenvalue weighted by Crippen LogP contribution is -1.95. The van der Waals surface area contributed by atoms with Gasteiger partial charge in [-0.3, -0.25) is 4.40 Å². The minimum absolute atomic E-state index is 0.227. The number of benzene rings is 1. The number of hydrogen-bond donors (Lipinski definition) is 1. The highest BCUT2D eigenvalue weighted by atomic mass is 79.9. The van der Waals surface area contributed by atoms with Crippen molar-refractivity contribution in [3.8, 4) is 11.3 Å². The summed E-state index contributed by atoms with van der Waals surface area (Å²) in [6.45, 7) is 3.71. The number of aromatic nitrogens is 2. The number of pyridine rings is 1. The second-order valence-electron chi connectivity index (χ2n) is 4.84. The normalized spacial score (nSPS) is 11.2. The van der Waals surface area contributed by atoms with E-state index in [2.05, 4.69) is 20.9 Å². The predicted octanol–water partition coefficient (Wildman–Crippen LogP) is 4.10. The van der Waals surface area contributed by atoms with E-state index in [1.54, 1.807) is 19.1 Å². The molecule has 5 heteroatoms. The quantitative estimate of drug-likeness (QED) is 0.728. The minimum Gasteiger partial charge on any atom is -0.383 e. The van der Waals surface area contributed by atoms with E-state index in [-0.39, 0.29) is 5.82 Å². The summed E-state index contributed by atoms with van der Waals surface area (Å²) in [5.74, 6) is 0.324. The molecule has 0 amide bonds. The van der Waals surface area contributed by atoms with Crippen LogP contribution in [0.3, 0.4) is 0 Å². The largest absolute Gasteiger partial charge is 0.383 e. The zero-order valence-electron chi connectivity index (χ0n) is 11.1. The zero-order valence-corrected chi connectivity index (χ0v) is 12.7. The van der Waals surface area contributed by atoms with E-state index in [1.807, 2.05) is 23.6 Å². The summed E-state index contributed by atoms with van der Waals surface area (Å²) in [4.78, 5) is 4.59. The van der Waals surface area contributed by atoms with Gasteiger partial charge >= 0.3 is 0 Å². The molecule has 102 valence electrons. The van der Waals surface area contributed by atoms with Crippen molar-refractivity contribution in [1.29, 1.82) is 0 Å². The van der Waals surface area contributed by atoms with E-state index in [0.717, 1.165) is 21.2 Å². The van der Waals surface area contributed by atoms with Gasteiger partial charge in [0.1, 0.15) is 23.0 Å². The Hall–Kier alpha value is -1.88. The highest BCUT2D eigenvalue weighted by Crippen LogP contribution is 2.30. The van der Waals surface area contributed by atoms with Crippen LogP contribution < -0.4 is 5.73 Å². The number of imidazole rings is 1. The third kappa shape index (κ3) is 1.98. The molecule has 20 heavy (non-hydrogen) atoms. The molecule has 0 radical (unpaired) electrons. The molecule has 3 aromatic rings. The Bertz CT molecular complexity index is 824. The number of nitrogen functional groups attached to an aromatic ring is 1. The first kappa shape index (κ1) is 13.1. The summed E-state index contributed by atoms with van der Waals surface area (Å²) >= 11 is 3.45. The van der Waals surface area contributed by atoms with Crippen molar-refractivity contribution in [2.45, 2.75) is 13.8 Å². The number of rotatable bonds is 1. The highest BCUT2D eigenvalue weighted by molar-refractivity contribution is 9.10. The average molecular weight is 334 g/mol. The molecule has 0 fully saturated rings. The lowest BCUT2D eigenvalue weighted by Gasteiger charge is -2.02. The third-order valence-electron chi connectivity index (χ3n) is 3.34. The Balaban J connectivity index is 2.29. The van der Waals surface area contributed by atoms with Crippen molar-refractivity contribution < 1.29 is 4.39 Å². The Labute approximate surface area is 124 Å². The zero-order chi connectivity index (χ0) is 14.4. The number of aryl methyl sites for hydroxylation is 2. The molecule has 1 aromatic carbocycles. The summed E-state index contributed by atoms with van der Waals surface area (Å²) in [6.07, 6.45) is 1.88. The number of anilines is 1. The van der Waals surface area contributed by atoms with Gasteiger partial charge in [-0.15, -0.1) is 0 Å². The molecular weight excluding hydrogens is 321 g/mol. The van der Waals surface area contributed by atoms with Crippen molar-refractivity contribution >= 4 is 27.4 Å². The Morgan fingerprint density at radius 2 is 1.95 bits per heavy atom. The molecule has 0 aliphatic heterocycles. The van der Waals surface area contributed by atoms with Crippen LogP contribution >= 0.6 is 15.9 Å². The van der Waals surface area contributed by atoms with Gasteiger partial charge in [0.25, 0.3) is 0 Å². The van der Waals surface area contributed by atoms with Crippen LogP contribution in [-0.4, -0.2) is 9.38 Å². The molecule has 0 aliphatic carbocycles. The van der Waals surface area contributed by atoms with Gasteiger partial charge in [0.2, 0.25) is 0 Å². The van der Waals surface area contributed by atoms with Gasteiger partial charge in [0.05, 0.1) is 0 Å². The van der Waals surface area contributed by atoms with E-state index in [4.69, 9.17) is 5.73 Å². The molecule has 0 saturated heterocycles. The van der Waals surface area contributed by atoms with Gasteiger partial charge in [-0.2, -0.15) is 0 Å². The molecule has 3 nitrogen and oxygen atoms in total. The number of nitrogens with zero attached hydrogens (tertiary/aromatic N) is 2. The fourth-order valence-corrected chi connectivity index (χ4v) is 2.84. The molecular formula is C15H13BrFN3. The van der Waals surface area contributed by atoms with Gasteiger partial charge in [-0.1, -0.05) is 0 Å². The summed E-state index contributed by atoms with van der Waals surface area (Å²) in [7, 11) is 0. The van der Waals surface area contributed by atoms with Crippen LogP contribution in [0.1, 0.15) is 11.1 Å². The standard InChI is InChI=1S/C15H13BrFN3/c1-8-5-10(3-4-12(8)17)13-14(18)20-7-11(16)6-9(2)15(20)19-13/h3-7H,18H2,1-2H3. The van der Waals surface area contributed by atoms with Crippen LogP contribution in [0.2, 0.25) is 0 Å². The lowest BCUT2D eigenvalue weighted by molar-refractivity contribution is 0.619. The molecule has 3 rings (SSSR count). The van der Waals surface area contributed by atoms with Gasteiger partial charge < -0.3 is 5.73 Å². The van der Waals surface area contributed by atoms with Crippen molar-refractivity contribution in [2.24, 2.45) is 0 Å². The van der Waals surface area contributed by atoms with Gasteiger partial charge in [-0.05, 0) is 65.2 Å². The van der Waals surface area contributed by atoms with E-state index in [0.29, 0.717) is 17.1 Å². The Kier molecular flexibility index (Phi) is 3.01. The fourth-order valence-electron chi connectivity index (χ4n) is 2.29. The second-order valence-corrected chi connectivity index (χ2v) is 5.76. The maximum Gasteiger partial charge on any atom is 0.142 e. The van der Waals surface area contributed by atoms with Crippen LogP contribution in [0.25, 0.3) is 16.9 Å². The first-order valence-electron chi connectivity index (χ1n) is 6.17. The van der Waals surface area contributed by atoms with Crippen LogP contribution in [0.4, 0.5) is 10.2 Å². The van der Waals surface area contributed by atoms with Crippen molar-refractivity contribution in [3.63, 3.8) is 0 Å². The first-order valence-corrected chi connectivity index (χ1v) is 6.97. The number of hydrogen-bond acceptors (Lipinski definition) is 2. The van der Waals surface area contributed by atoms with E-state index >= 15 is 0 Å². The molecule has 0 spiro atoms. The Morgan fingerprint density at radius 3 is 2.65 bits per heavy atom. The van der Waals surface area contributed by atoms with Gasteiger partial charge in [0, 0.05) is 16.2 Å². The minimum atomic E-state index is -0.227. The summed E-state index contributed by atoms with van der Waals surface area (Å²) < 4.78 is 16.2. The lowest BCUT2D eigenvalue weighted by atomic mass is 10.1. The van der Waals surface area contributed by atoms with Crippen LogP contribution in [-0.2, 0) is 0 Å². The molecule has 0 aliphatic rings. The summed E-state index contributed by atoms with van der Waals surface area (Å²) in [5, 5.41) is 0. The fraction of sp³-hybridized carbons (Fsp3) is 0.133. The molecule has 0 bridgehead atoms. The maximum absolute atomic E-state index is 13.4. The summed E-state index contributed by atoms with van der Waals surface area (Å²) in [5.41, 5.74) is 10.1. The molecule has 2 N–H and O–H groups in total. The molecule has 0 unspecified atom stereocenters. The topological polar surface area (TPSA) is 43.3 Å². The smallest absolute Gasteiger partial charge is 0.142 e. The SMILES string of the molecule is Cc1cc(-c2nc3c(C)cc(Br)cn3c2N)ccc1F. The molecule has 2 heterocycles. The molecule has 0 atom stereocenters. The van der Waals surface area contributed by atoms with Crippen molar-refractivity contribution in [3.05, 3.63) is 51.9 Å². The highest BCUT2D eigenvalue weighted by Gasteiger charge is 2.14. The van der Waals surface area contributed by atoms with E-state index in [9.17, 15) is 4.39 Å². The number of fused-ring (bicyclic) bond motifs is 1. The number of nitrogens with two attached hydrogens (primary N) is 1. The van der Waals surface area contributed by atoms with Crippen LogP contribution in [0.5, 0.6) is 0 Å². The van der Waals surface area contributed by atoms with E-state index < -0.39 is 0 Å². The van der Waals surface area contributed by atoms with Crippen LogP contribution in [0.15, 0.2) is 34.9 Å². The van der Waals surface area contributed by atoms with Crippen LogP contribution in [0, 0.1) is 19.7 Å². The first-order chi connectivity index (χ1) is 9.47. The Morgan fingerprint density at radius 1 is 1.20 bits per heavy atom. The molecule has 2 aromatic heterocycles. The molecule has 0 saturated carbocycles. The van der Waals surface area contributed by atoms with Crippen molar-refractivity contribution in [1.82, 2.24) is 9.38 Å². The van der Waals surface area contributed by atoms with Crippen molar-refractivity contribution in [2.75, 3.05) is 5.73 Å². The van der Waals surface area contributed by atoms with Gasteiger partial charge in [-0.25, -0.2) is 9.37 Å². The summed E-state index contributed by atoms with van der Waals surface area (Å²) in [6, 6.07) is 6.89. The third-order valence-corrected chi connectivity index (χ3v) is 3.77. The maximum atomic E-state index is 13.4. The van der Waals surface area contributed by atoms with Gasteiger partial charge in [0.15, 0.2) is 0 Å². The predicted molar refractivity (Wildman–Crippen MR) is 82.2 cm³/mol. The van der Waals surface area contributed by atoms with E-state index in [1.165, 1.54) is 6.07 Å². The average Bonchev–Trinajstić information content (AvgIpc) is 2.71.